The van der Waals surface area contributed by atoms with E-state index in [-0.39, 0.29) is 43.8 Å². The topological polar surface area (TPSA) is 97.4 Å². The zero-order valence-electron chi connectivity index (χ0n) is 14.4. The van der Waals surface area contributed by atoms with Crippen molar-refractivity contribution in [3.05, 3.63) is 0 Å². The van der Waals surface area contributed by atoms with Gasteiger partial charge in [0.15, 0.2) is 0 Å². The Labute approximate surface area is 141 Å². The van der Waals surface area contributed by atoms with Crippen LogP contribution in [0.2, 0.25) is 0 Å². The van der Waals surface area contributed by atoms with Gasteiger partial charge in [-0.2, -0.15) is 0 Å². The molecule has 3 unspecified atom stereocenters. The Hall–Kier alpha value is -1.83. The van der Waals surface area contributed by atoms with Crippen LogP contribution in [0.1, 0.15) is 33.1 Å². The minimum Gasteiger partial charge on any atom is -0.465 e. The van der Waals surface area contributed by atoms with Gasteiger partial charge in [-0.15, -0.1) is 0 Å². The SMILES string of the molecule is CCC(CC(C)C(=O)OCCOC)C(=O)OCCC1COC(=O)O1. The summed E-state index contributed by atoms with van der Waals surface area (Å²) in [5.41, 5.74) is 0. The second kappa shape index (κ2) is 10.9. The minimum atomic E-state index is -0.696. The highest BCUT2D eigenvalue weighted by Crippen LogP contribution is 2.19. The fourth-order valence-electron chi connectivity index (χ4n) is 2.24. The van der Waals surface area contributed by atoms with Crippen LogP contribution < -0.4 is 0 Å². The van der Waals surface area contributed by atoms with Gasteiger partial charge in [0.05, 0.1) is 25.0 Å². The molecule has 0 aromatic carbocycles. The molecular formula is C16H26O8. The smallest absolute Gasteiger partial charge is 0.465 e. The average molecular weight is 346 g/mol. The molecule has 0 amide bonds. The standard InChI is InChI=1S/C16H26O8/c1-4-12(9-11(2)14(17)22-8-7-20-3)15(18)21-6-5-13-10-23-16(19)24-13/h11-13H,4-10H2,1-3H3. The van der Waals surface area contributed by atoms with Crippen molar-refractivity contribution in [1.29, 1.82) is 0 Å². The van der Waals surface area contributed by atoms with Crippen molar-refractivity contribution in [3.63, 3.8) is 0 Å². The molecule has 0 spiro atoms. The third-order valence-corrected chi connectivity index (χ3v) is 3.73. The van der Waals surface area contributed by atoms with Crippen LogP contribution in [0.4, 0.5) is 4.79 Å². The predicted molar refractivity (Wildman–Crippen MR) is 82.2 cm³/mol. The fourth-order valence-corrected chi connectivity index (χ4v) is 2.24. The summed E-state index contributed by atoms with van der Waals surface area (Å²) in [6, 6.07) is 0. The number of ether oxygens (including phenoxy) is 5. The van der Waals surface area contributed by atoms with Crippen molar-refractivity contribution >= 4 is 18.1 Å². The first-order chi connectivity index (χ1) is 11.5. The van der Waals surface area contributed by atoms with Crippen LogP contribution in [0.25, 0.3) is 0 Å². The highest BCUT2D eigenvalue weighted by Gasteiger charge is 2.27. The highest BCUT2D eigenvalue weighted by molar-refractivity contribution is 5.75. The third-order valence-electron chi connectivity index (χ3n) is 3.73. The van der Waals surface area contributed by atoms with E-state index in [2.05, 4.69) is 4.74 Å². The first-order valence-electron chi connectivity index (χ1n) is 8.13. The predicted octanol–water partition coefficient (Wildman–Crippen LogP) is 1.70. The quantitative estimate of drug-likeness (QED) is 0.317. The number of carbonyl (C=O) groups excluding carboxylic acids is 3. The summed E-state index contributed by atoms with van der Waals surface area (Å²) in [7, 11) is 1.53. The summed E-state index contributed by atoms with van der Waals surface area (Å²) < 4.78 is 24.6. The lowest BCUT2D eigenvalue weighted by Crippen LogP contribution is -2.25. The molecule has 1 aliphatic heterocycles. The molecule has 0 aliphatic carbocycles. The number of carbonyl (C=O) groups is 3. The number of rotatable bonds is 11. The van der Waals surface area contributed by atoms with Gasteiger partial charge in [-0.1, -0.05) is 13.8 Å². The van der Waals surface area contributed by atoms with Crippen molar-refractivity contribution < 1.29 is 38.1 Å². The van der Waals surface area contributed by atoms with E-state index in [9.17, 15) is 14.4 Å². The van der Waals surface area contributed by atoms with E-state index in [0.717, 1.165) is 0 Å². The second-order valence-corrected chi connectivity index (χ2v) is 5.66. The molecule has 8 nitrogen and oxygen atoms in total. The molecule has 8 heteroatoms. The first kappa shape index (κ1) is 20.2. The van der Waals surface area contributed by atoms with Crippen molar-refractivity contribution in [2.75, 3.05) is 33.5 Å². The van der Waals surface area contributed by atoms with Crippen molar-refractivity contribution in [3.8, 4) is 0 Å². The summed E-state index contributed by atoms with van der Waals surface area (Å²) in [6.45, 7) is 4.44. The van der Waals surface area contributed by atoms with Gasteiger partial charge in [-0.25, -0.2) is 4.79 Å². The normalized spacial score (nSPS) is 19.1. The van der Waals surface area contributed by atoms with E-state index >= 15 is 0 Å². The van der Waals surface area contributed by atoms with Crippen LogP contribution in [0, 0.1) is 11.8 Å². The largest absolute Gasteiger partial charge is 0.508 e. The molecule has 1 heterocycles. The molecule has 0 N–H and O–H groups in total. The van der Waals surface area contributed by atoms with Gasteiger partial charge in [0.1, 0.15) is 19.3 Å². The van der Waals surface area contributed by atoms with Crippen LogP contribution in [-0.4, -0.2) is 57.7 Å². The Morgan fingerprint density at radius 2 is 1.92 bits per heavy atom. The molecule has 1 aliphatic rings. The Morgan fingerprint density at radius 3 is 2.50 bits per heavy atom. The summed E-state index contributed by atoms with van der Waals surface area (Å²) in [5, 5.41) is 0. The number of cyclic esters (lactones) is 2. The van der Waals surface area contributed by atoms with Gasteiger partial charge in [-0.05, 0) is 12.8 Å². The Morgan fingerprint density at radius 1 is 1.21 bits per heavy atom. The monoisotopic (exact) mass is 346 g/mol. The summed E-state index contributed by atoms with van der Waals surface area (Å²) in [4.78, 5) is 34.7. The van der Waals surface area contributed by atoms with Gasteiger partial charge < -0.3 is 23.7 Å². The van der Waals surface area contributed by atoms with E-state index in [1.165, 1.54) is 7.11 Å². The molecule has 0 aromatic heterocycles. The number of esters is 2. The maximum atomic E-state index is 12.1. The molecule has 1 fully saturated rings. The molecule has 138 valence electrons. The zero-order valence-corrected chi connectivity index (χ0v) is 14.4. The van der Waals surface area contributed by atoms with Crippen molar-refractivity contribution in [2.45, 2.75) is 39.2 Å². The molecule has 0 radical (unpaired) electrons. The Bertz CT molecular complexity index is 422. The van der Waals surface area contributed by atoms with E-state index in [0.29, 0.717) is 25.9 Å². The van der Waals surface area contributed by atoms with Crippen molar-refractivity contribution in [1.82, 2.24) is 0 Å². The lowest BCUT2D eigenvalue weighted by molar-refractivity contribution is -0.153. The first-order valence-corrected chi connectivity index (χ1v) is 8.13. The molecule has 1 rings (SSSR count). The van der Waals surface area contributed by atoms with E-state index in [1.807, 2.05) is 6.92 Å². The van der Waals surface area contributed by atoms with Crippen molar-refractivity contribution in [2.24, 2.45) is 11.8 Å². The minimum absolute atomic E-state index is 0.142. The Kier molecular flexibility index (Phi) is 9.14. The Balaban J connectivity index is 2.29. The van der Waals surface area contributed by atoms with E-state index < -0.39 is 12.1 Å². The van der Waals surface area contributed by atoms with Crippen LogP contribution in [0.15, 0.2) is 0 Å². The van der Waals surface area contributed by atoms with Crippen LogP contribution in [0.5, 0.6) is 0 Å². The van der Waals surface area contributed by atoms with Gasteiger partial charge >= 0.3 is 18.1 Å². The summed E-state index contributed by atoms with van der Waals surface area (Å²) in [6.07, 6.45) is 0.250. The summed E-state index contributed by atoms with van der Waals surface area (Å²) in [5.74, 6) is -1.49. The van der Waals surface area contributed by atoms with Gasteiger partial charge in [0.2, 0.25) is 0 Å². The van der Waals surface area contributed by atoms with Crippen LogP contribution in [0.3, 0.4) is 0 Å². The maximum absolute atomic E-state index is 12.1. The van der Waals surface area contributed by atoms with Crippen LogP contribution >= 0.6 is 0 Å². The molecule has 24 heavy (non-hydrogen) atoms. The zero-order chi connectivity index (χ0) is 17.9. The molecule has 0 bridgehead atoms. The molecule has 0 saturated carbocycles. The molecule has 1 saturated heterocycles. The highest BCUT2D eigenvalue weighted by atomic mass is 16.8. The van der Waals surface area contributed by atoms with E-state index in [4.69, 9.17) is 18.9 Å². The maximum Gasteiger partial charge on any atom is 0.508 e. The van der Waals surface area contributed by atoms with E-state index in [1.54, 1.807) is 6.92 Å². The number of hydrogen-bond acceptors (Lipinski definition) is 8. The van der Waals surface area contributed by atoms with Gasteiger partial charge in [0, 0.05) is 13.5 Å². The fraction of sp³-hybridized carbons (Fsp3) is 0.812. The molecule has 3 atom stereocenters. The lowest BCUT2D eigenvalue weighted by atomic mass is 9.94. The second-order valence-electron chi connectivity index (χ2n) is 5.66. The number of methoxy groups -OCH3 is 1. The molecule has 0 aromatic rings. The average Bonchev–Trinajstić information content (AvgIpc) is 2.97. The summed E-state index contributed by atoms with van der Waals surface area (Å²) >= 11 is 0. The lowest BCUT2D eigenvalue weighted by Gasteiger charge is -2.18. The van der Waals surface area contributed by atoms with Crippen LogP contribution in [-0.2, 0) is 33.3 Å². The molecular weight excluding hydrogens is 320 g/mol. The third kappa shape index (κ3) is 7.16. The van der Waals surface area contributed by atoms with Gasteiger partial charge in [0.25, 0.3) is 0 Å². The van der Waals surface area contributed by atoms with Gasteiger partial charge in [-0.3, -0.25) is 9.59 Å². The number of hydrogen-bond donors (Lipinski definition) is 0.